The number of hydrogen-bond acceptors (Lipinski definition) is 3. The van der Waals surface area contributed by atoms with Crippen molar-refractivity contribution in [1.29, 1.82) is 0 Å². The van der Waals surface area contributed by atoms with Crippen molar-refractivity contribution in [2.75, 3.05) is 19.6 Å². The number of carbonyl (C=O) groups excluding carboxylic acids is 3. The molecule has 152 valence electrons. The van der Waals surface area contributed by atoms with Crippen LogP contribution >= 0.6 is 0 Å². The van der Waals surface area contributed by atoms with Gasteiger partial charge in [-0.2, -0.15) is 0 Å². The van der Waals surface area contributed by atoms with E-state index >= 15 is 0 Å². The smallest absolute Gasteiger partial charge is 0.254 e. The van der Waals surface area contributed by atoms with E-state index in [1.54, 1.807) is 11.0 Å². The molecule has 0 aliphatic carbocycles. The molecule has 0 spiro atoms. The minimum Gasteiger partial charge on any atom is -0.355 e. The Morgan fingerprint density at radius 1 is 1.32 bits per heavy atom. The fourth-order valence-electron chi connectivity index (χ4n) is 4.14. The number of hydrogen-bond donors (Lipinski definition) is 2. The van der Waals surface area contributed by atoms with Crippen molar-refractivity contribution in [3.63, 3.8) is 0 Å². The van der Waals surface area contributed by atoms with E-state index in [1.807, 2.05) is 6.92 Å². The van der Waals surface area contributed by atoms with Crippen LogP contribution in [-0.2, 0) is 9.59 Å². The summed E-state index contributed by atoms with van der Waals surface area (Å²) in [7, 11) is 0. The van der Waals surface area contributed by atoms with E-state index in [2.05, 4.69) is 10.6 Å². The largest absolute Gasteiger partial charge is 0.355 e. The number of amides is 3. The Labute approximate surface area is 164 Å². The average Bonchev–Trinajstić information content (AvgIpc) is 3.05. The first-order valence-electron chi connectivity index (χ1n) is 10.1. The number of halogens is 1. The third-order valence-electron chi connectivity index (χ3n) is 5.93. The van der Waals surface area contributed by atoms with Gasteiger partial charge in [-0.3, -0.25) is 14.4 Å². The maximum absolute atomic E-state index is 13.5. The van der Waals surface area contributed by atoms with Gasteiger partial charge in [-0.1, -0.05) is 25.8 Å². The zero-order valence-corrected chi connectivity index (χ0v) is 16.3. The molecular weight excluding hydrogens is 361 g/mol. The molecule has 0 aromatic heterocycles. The molecule has 2 aliphatic rings. The van der Waals surface area contributed by atoms with E-state index in [4.69, 9.17) is 0 Å². The van der Waals surface area contributed by atoms with Crippen LogP contribution in [0.25, 0.3) is 0 Å². The highest BCUT2D eigenvalue weighted by molar-refractivity contribution is 6.06. The minimum atomic E-state index is -1.01. The number of likely N-dealkylation sites (tertiary alicyclic amines) is 1. The van der Waals surface area contributed by atoms with E-state index in [0.717, 1.165) is 25.7 Å². The van der Waals surface area contributed by atoms with Crippen molar-refractivity contribution in [2.24, 2.45) is 5.41 Å². The highest BCUT2D eigenvalue weighted by atomic mass is 19.1. The van der Waals surface area contributed by atoms with Crippen LogP contribution in [0.1, 0.15) is 55.8 Å². The number of nitrogens with zero attached hydrogens (tertiary/aromatic N) is 1. The van der Waals surface area contributed by atoms with E-state index in [0.29, 0.717) is 38.0 Å². The first kappa shape index (κ1) is 20.3. The van der Waals surface area contributed by atoms with Gasteiger partial charge in [0.25, 0.3) is 5.91 Å². The van der Waals surface area contributed by atoms with E-state index in [-0.39, 0.29) is 23.8 Å². The predicted molar refractivity (Wildman–Crippen MR) is 103 cm³/mol. The molecule has 6 nitrogen and oxygen atoms in total. The second-order valence-corrected chi connectivity index (χ2v) is 7.72. The van der Waals surface area contributed by atoms with Gasteiger partial charge >= 0.3 is 0 Å². The van der Waals surface area contributed by atoms with Crippen LogP contribution in [0.4, 0.5) is 4.39 Å². The van der Waals surface area contributed by atoms with Crippen LogP contribution in [0.3, 0.4) is 0 Å². The monoisotopic (exact) mass is 389 g/mol. The lowest BCUT2D eigenvalue weighted by Gasteiger charge is -2.33. The first-order valence-corrected chi connectivity index (χ1v) is 10.1. The van der Waals surface area contributed by atoms with Crippen molar-refractivity contribution in [3.8, 4) is 0 Å². The van der Waals surface area contributed by atoms with E-state index < -0.39 is 11.2 Å². The van der Waals surface area contributed by atoms with Crippen LogP contribution in [0.5, 0.6) is 0 Å². The van der Waals surface area contributed by atoms with Gasteiger partial charge in [0.2, 0.25) is 11.8 Å². The maximum Gasteiger partial charge on any atom is 0.254 e. The minimum absolute atomic E-state index is 0.217. The van der Waals surface area contributed by atoms with Crippen molar-refractivity contribution in [1.82, 2.24) is 15.5 Å². The molecule has 28 heavy (non-hydrogen) atoms. The Bertz CT molecular complexity index is 754. The Hall–Kier alpha value is -2.44. The summed E-state index contributed by atoms with van der Waals surface area (Å²) in [5.41, 5.74) is -0.703. The Morgan fingerprint density at radius 3 is 2.82 bits per heavy atom. The number of benzene rings is 1. The lowest BCUT2D eigenvalue weighted by Crippen LogP contribution is -2.53. The third kappa shape index (κ3) is 4.18. The van der Waals surface area contributed by atoms with Gasteiger partial charge in [0, 0.05) is 31.2 Å². The first-order chi connectivity index (χ1) is 13.5. The number of rotatable bonds is 4. The molecule has 2 fully saturated rings. The zero-order valence-electron chi connectivity index (χ0n) is 16.3. The topological polar surface area (TPSA) is 78.5 Å². The average molecular weight is 389 g/mol. The van der Waals surface area contributed by atoms with Crippen LogP contribution in [0.15, 0.2) is 24.3 Å². The van der Waals surface area contributed by atoms with Gasteiger partial charge in [0.05, 0.1) is 0 Å². The molecule has 1 aromatic rings. The summed E-state index contributed by atoms with van der Waals surface area (Å²) in [5, 5.41) is 5.79. The summed E-state index contributed by atoms with van der Waals surface area (Å²) in [5.74, 6) is -1.15. The van der Waals surface area contributed by atoms with Gasteiger partial charge < -0.3 is 15.5 Å². The predicted octanol–water partition coefficient (Wildman–Crippen LogP) is 2.24. The molecule has 3 rings (SSSR count). The highest BCUT2D eigenvalue weighted by Gasteiger charge is 2.48. The Morgan fingerprint density at radius 2 is 2.14 bits per heavy atom. The van der Waals surface area contributed by atoms with Gasteiger partial charge in [-0.25, -0.2) is 4.39 Å². The zero-order chi connectivity index (χ0) is 20.1. The molecule has 2 N–H and O–H groups in total. The molecule has 2 saturated heterocycles. The molecule has 2 heterocycles. The lowest BCUT2D eigenvalue weighted by molar-refractivity contribution is -0.141. The molecule has 2 unspecified atom stereocenters. The van der Waals surface area contributed by atoms with Gasteiger partial charge in [-0.15, -0.1) is 0 Å². The highest BCUT2D eigenvalue weighted by Crippen LogP contribution is 2.31. The summed E-state index contributed by atoms with van der Waals surface area (Å²) in [4.78, 5) is 39.7. The van der Waals surface area contributed by atoms with Crippen molar-refractivity contribution < 1.29 is 18.8 Å². The Kier molecular flexibility index (Phi) is 6.31. The second-order valence-electron chi connectivity index (χ2n) is 7.72. The second kappa shape index (κ2) is 8.71. The summed E-state index contributed by atoms with van der Waals surface area (Å²) < 4.78 is 13.5. The van der Waals surface area contributed by atoms with E-state index in [9.17, 15) is 18.8 Å². The molecule has 7 heteroatoms. The maximum atomic E-state index is 13.5. The third-order valence-corrected chi connectivity index (χ3v) is 5.93. The number of nitrogens with one attached hydrogen (secondary N) is 2. The van der Waals surface area contributed by atoms with Gasteiger partial charge in [0.1, 0.15) is 11.2 Å². The summed E-state index contributed by atoms with van der Waals surface area (Å²) in [6.45, 7) is 3.29. The molecule has 0 bridgehead atoms. The fourth-order valence-corrected chi connectivity index (χ4v) is 4.14. The lowest BCUT2D eigenvalue weighted by atomic mass is 9.82. The molecule has 0 saturated carbocycles. The summed E-state index contributed by atoms with van der Waals surface area (Å²) in [6, 6.07) is 5.46. The standard InChI is InChI=1S/C21H28FN3O3/c1-2-21(10-11-23-19(21)27)20(28)24-17-9-4-3-5-12-25(14-17)18(26)15-7-6-8-16(22)13-15/h6-8,13,17H,2-5,9-12,14H2,1H3,(H,23,27)(H,24,28). The van der Waals surface area contributed by atoms with Crippen LogP contribution < -0.4 is 10.6 Å². The van der Waals surface area contributed by atoms with Crippen molar-refractivity contribution >= 4 is 17.7 Å². The molecule has 0 radical (unpaired) electrons. The van der Waals surface area contributed by atoms with E-state index in [1.165, 1.54) is 18.2 Å². The number of carbonyl (C=O) groups is 3. The van der Waals surface area contributed by atoms with Crippen molar-refractivity contribution in [2.45, 2.75) is 51.5 Å². The molecule has 2 atom stereocenters. The van der Waals surface area contributed by atoms with Gasteiger partial charge in [0.15, 0.2) is 0 Å². The van der Waals surface area contributed by atoms with Crippen LogP contribution in [0, 0.1) is 11.2 Å². The quantitative estimate of drug-likeness (QED) is 0.776. The molecule has 1 aromatic carbocycles. The SMILES string of the molecule is CCC1(C(=O)NC2CCCCCN(C(=O)c3cccc(F)c3)C2)CCNC1=O. The van der Waals surface area contributed by atoms with Crippen LogP contribution in [-0.4, -0.2) is 48.3 Å². The van der Waals surface area contributed by atoms with Crippen LogP contribution in [0.2, 0.25) is 0 Å². The Balaban J connectivity index is 1.72. The summed E-state index contributed by atoms with van der Waals surface area (Å²) in [6.07, 6.45) is 4.48. The normalized spacial score (nSPS) is 25.6. The van der Waals surface area contributed by atoms with Crippen molar-refractivity contribution in [3.05, 3.63) is 35.6 Å². The fraction of sp³-hybridized carbons (Fsp3) is 0.571. The molecule has 3 amide bonds. The summed E-state index contributed by atoms with van der Waals surface area (Å²) >= 11 is 0. The van der Waals surface area contributed by atoms with Gasteiger partial charge in [-0.05, 0) is 43.9 Å². The molecular formula is C21H28FN3O3. The molecule has 2 aliphatic heterocycles.